The van der Waals surface area contributed by atoms with E-state index >= 15 is 0 Å². The van der Waals surface area contributed by atoms with Crippen molar-refractivity contribution in [3.8, 4) is 32.8 Å². The van der Waals surface area contributed by atoms with Crippen molar-refractivity contribution in [1.29, 1.82) is 5.26 Å². The van der Waals surface area contributed by atoms with E-state index in [9.17, 15) is 10.4 Å². The Morgan fingerprint density at radius 1 is 1.30 bits per heavy atom. The summed E-state index contributed by atoms with van der Waals surface area (Å²) in [6.45, 7) is 3.88. The number of rotatable bonds is 4. The Morgan fingerprint density at radius 2 is 2.15 bits per heavy atom. The fraction of sp³-hybridized carbons (Fsp3) is 0.273. The number of fused-ring (bicyclic) bond motifs is 1. The van der Waals surface area contributed by atoms with Gasteiger partial charge in [-0.25, -0.2) is 4.98 Å². The van der Waals surface area contributed by atoms with Gasteiger partial charge in [0.25, 0.3) is 0 Å². The first kappa shape index (κ1) is 17.7. The molecule has 136 valence electrons. The van der Waals surface area contributed by atoms with E-state index in [1.807, 2.05) is 50.4 Å². The van der Waals surface area contributed by atoms with Crippen LogP contribution < -0.4 is 4.74 Å². The van der Waals surface area contributed by atoms with Crippen molar-refractivity contribution in [2.45, 2.75) is 38.9 Å². The molecule has 0 saturated carbocycles. The number of benzene rings is 2. The highest BCUT2D eigenvalue weighted by atomic mass is 32.1. The maximum absolute atomic E-state index is 10.1. The van der Waals surface area contributed by atoms with Gasteiger partial charge in [-0.3, -0.25) is 0 Å². The minimum Gasteiger partial charge on any atom is -0.490 e. The summed E-state index contributed by atoms with van der Waals surface area (Å²) in [6, 6.07) is 13.9. The Morgan fingerprint density at radius 3 is 2.93 bits per heavy atom. The van der Waals surface area contributed by atoms with E-state index in [1.54, 1.807) is 11.3 Å². The van der Waals surface area contributed by atoms with Crippen molar-refractivity contribution in [1.82, 2.24) is 4.98 Å². The van der Waals surface area contributed by atoms with Gasteiger partial charge in [0.15, 0.2) is 0 Å². The minimum atomic E-state index is -0.362. The second-order valence-corrected chi connectivity index (χ2v) is 7.98. The lowest BCUT2D eigenvalue weighted by Crippen LogP contribution is -2.06. The molecule has 0 bridgehead atoms. The molecule has 27 heavy (non-hydrogen) atoms. The first-order chi connectivity index (χ1) is 13.1. The molecule has 0 unspecified atom stereocenters. The topological polar surface area (TPSA) is 66.1 Å². The monoisotopic (exact) mass is 376 g/mol. The van der Waals surface area contributed by atoms with Crippen LogP contribution in [-0.4, -0.2) is 16.2 Å². The molecule has 0 fully saturated rings. The molecule has 1 heterocycles. The average molecular weight is 376 g/mol. The van der Waals surface area contributed by atoms with Gasteiger partial charge in [0.2, 0.25) is 0 Å². The molecule has 0 spiro atoms. The van der Waals surface area contributed by atoms with Gasteiger partial charge in [-0.05, 0) is 61.6 Å². The summed E-state index contributed by atoms with van der Waals surface area (Å²) in [5.41, 5.74) is 4.82. The highest BCUT2D eigenvalue weighted by Gasteiger charge is 2.23. The van der Waals surface area contributed by atoms with Crippen LogP contribution in [-0.2, 0) is 6.42 Å². The van der Waals surface area contributed by atoms with Crippen LogP contribution in [0.25, 0.3) is 21.0 Å². The number of nitriles is 1. The molecule has 3 aromatic rings. The summed E-state index contributed by atoms with van der Waals surface area (Å²) < 4.78 is 5.70. The molecule has 0 radical (unpaired) electrons. The highest BCUT2D eigenvalue weighted by Crippen LogP contribution is 2.41. The fourth-order valence-electron chi connectivity index (χ4n) is 3.50. The third-order valence-electron chi connectivity index (χ3n) is 4.72. The third kappa shape index (κ3) is 3.34. The van der Waals surface area contributed by atoms with E-state index < -0.39 is 0 Å². The van der Waals surface area contributed by atoms with E-state index in [0.29, 0.717) is 11.3 Å². The smallest absolute Gasteiger partial charge is 0.137 e. The van der Waals surface area contributed by atoms with Gasteiger partial charge >= 0.3 is 0 Å². The van der Waals surface area contributed by atoms with Gasteiger partial charge < -0.3 is 9.84 Å². The Hall–Kier alpha value is -2.68. The summed E-state index contributed by atoms with van der Waals surface area (Å²) in [5.74, 6) is 0.600. The molecule has 1 atom stereocenters. The van der Waals surface area contributed by atoms with E-state index in [1.165, 1.54) is 5.56 Å². The number of aromatic nitrogens is 1. The Balaban J connectivity index is 1.69. The summed E-state index contributed by atoms with van der Waals surface area (Å²) >= 11 is 1.60. The summed E-state index contributed by atoms with van der Waals surface area (Å²) in [5, 5.41) is 20.4. The zero-order valence-corrected chi connectivity index (χ0v) is 16.1. The van der Waals surface area contributed by atoms with Crippen molar-refractivity contribution in [3.63, 3.8) is 0 Å². The number of aliphatic hydroxyl groups is 1. The Kier molecular flexibility index (Phi) is 4.69. The third-order valence-corrected chi connectivity index (χ3v) is 5.80. The van der Waals surface area contributed by atoms with Gasteiger partial charge in [0, 0.05) is 11.8 Å². The second-order valence-electron chi connectivity index (χ2n) is 6.95. The zero-order valence-electron chi connectivity index (χ0n) is 15.3. The SMILES string of the molecule is CC(C)Oc1ccc(-c2ncc(-c3cccc4c3CC[C@H]4O)s2)cc1C#N. The number of hydrogen-bond donors (Lipinski definition) is 1. The molecule has 5 heteroatoms. The average Bonchev–Trinajstić information content (AvgIpc) is 3.29. The molecule has 2 aromatic carbocycles. The molecular formula is C22H20N2O2S. The first-order valence-electron chi connectivity index (χ1n) is 9.04. The lowest BCUT2D eigenvalue weighted by Gasteiger charge is -2.11. The minimum absolute atomic E-state index is 0.0185. The predicted octanol–water partition coefficient (Wildman–Crippen LogP) is 5.12. The van der Waals surface area contributed by atoms with Gasteiger partial charge in [0.05, 0.1) is 22.6 Å². The van der Waals surface area contributed by atoms with E-state index in [2.05, 4.69) is 17.1 Å². The molecule has 4 nitrogen and oxygen atoms in total. The van der Waals surface area contributed by atoms with Crippen molar-refractivity contribution in [2.24, 2.45) is 0 Å². The largest absolute Gasteiger partial charge is 0.490 e. The molecule has 0 aliphatic heterocycles. The lowest BCUT2D eigenvalue weighted by molar-refractivity contribution is 0.180. The Bertz CT molecular complexity index is 1030. The number of nitrogens with zero attached hydrogens (tertiary/aromatic N) is 2. The molecular weight excluding hydrogens is 356 g/mol. The molecule has 1 aliphatic rings. The molecule has 0 saturated heterocycles. The Labute approximate surface area is 162 Å². The van der Waals surface area contributed by atoms with Crippen LogP contribution in [0.5, 0.6) is 5.75 Å². The molecule has 1 N–H and O–H groups in total. The van der Waals surface area contributed by atoms with Gasteiger partial charge in [-0.2, -0.15) is 5.26 Å². The lowest BCUT2D eigenvalue weighted by atomic mass is 10.0. The molecule has 1 aromatic heterocycles. The quantitative estimate of drug-likeness (QED) is 0.687. The van der Waals surface area contributed by atoms with Gasteiger partial charge in [-0.1, -0.05) is 18.2 Å². The van der Waals surface area contributed by atoms with Gasteiger partial charge in [0.1, 0.15) is 16.8 Å². The normalized spacial score (nSPS) is 15.6. The van der Waals surface area contributed by atoms with Crippen LogP contribution in [0.3, 0.4) is 0 Å². The molecule has 1 aliphatic carbocycles. The van der Waals surface area contributed by atoms with Crippen molar-refractivity contribution >= 4 is 11.3 Å². The van der Waals surface area contributed by atoms with Crippen LogP contribution in [0.15, 0.2) is 42.6 Å². The summed E-state index contributed by atoms with van der Waals surface area (Å²) in [6.07, 6.45) is 3.20. The fourth-order valence-corrected chi connectivity index (χ4v) is 4.47. The van der Waals surface area contributed by atoms with Crippen LogP contribution in [0.2, 0.25) is 0 Å². The standard InChI is InChI=1S/C22H20N2O2S/c1-13(2)26-20-9-6-14(10-15(20)11-23)22-24-12-21(27-22)18-5-3-4-17-16(18)7-8-19(17)25/h3-6,9-10,12-13,19,25H,7-8H2,1-2H3/t19-/m1/s1. The summed E-state index contributed by atoms with van der Waals surface area (Å²) in [4.78, 5) is 5.66. The first-order valence-corrected chi connectivity index (χ1v) is 9.85. The number of thiazole rings is 1. The van der Waals surface area contributed by atoms with Crippen LogP contribution >= 0.6 is 11.3 Å². The maximum atomic E-state index is 10.1. The summed E-state index contributed by atoms with van der Waals surface area (Å²) in [7, 11) is 0. The van der Waals surface area contributed by atoms with E-state index in [-0.39, 0.29) is 12.2 Å². The molecule has 0 amide bonds. The van der Waals surface area contributed by atoms with Crippen molar-refractivity contribution in [3.05, 3.63) is 59.3 Å². The number of aliphatic hydroxyl groups excluding tert-OH is 1. The van der Waals surface area contributed by atoms with Crippen molar-refractivity contribution < 1.29 is 9.84 Å². The second kappa shape index (κ2) is 7.15. The van der Waals surface area contributed by atoms with E-state index in [0.717, 1.165) is 39.4 Å². The molecule has 4 rings (SSSR count). The van der Waals surface area contributed by atoms with E-state index in [4.69, 9.17) is 4.74 Å². The maximum Gasteiger partial charge on any atom is 0.137 e. The number of ether oxygens (including phenoxy) is 1. The zero-order chi connectivity index (χ0) is 19.0. The number of hydrogen-bond acceptors (Lipinski definition) is 5. The van der Waals surface area contributed by atoms with Crippen molar-refractivity contribution in [2.75, 3.05) is 0 Å². The predicted molar refractivity (Wildman–Crippen MR) is 107 cm³/mol. The van der Waals surface area contributed by atoms with Gasteiger partial charge in [-0.15, -0.1) is 11.3 Å². The van der Waals surface area contributed by atoms with Crippen LogP contribution in [0.1, 0.15) is 43.1 Å². The highest BCUT2D eigenvalue weighted by molar-refractivity contribution is 7.18. The van der Waals surface area contributed by atoms with Crippen LogP contribution in [0.4, 0.5) is 0 Å². The van der Waals surface area contributed by atoms with Crippen LogP contribution in [0, 0.1) is 11.3 Å².